The number of carbonyl (C=O) groups is 1. The molecule has 0 fully saturated rings. The highest BCUT2D eigenvalue weighted by Gasteiger charge is 2.05. The predicted octanol–water partition coefficient (Wildman–Crippen LogP) is 3.63. The van der Waals surface area contributed by atoms with E-state index in [4.69, 9.17) is 9.47 Å². The van der Waals surface area contributed by atoms with Crippen molar-refractivity contribution in [3.8, 4) is 11.5 Å². The average Bonchev–Trinajstić information content (AvgIpc) is 2.56. The zero-order valence-corrected chi connectivity index (χ0v) is 12.6. The first kappa shape index (κ1) is 16.5. The molecule has 4 nitrogen and oxygen atoms in total. The summed E-state index contributed by atoms with van der Waals surface area (Å²) in [4.78, 5) is 11.8. The number of halogens is 2. The van der Waals surface area contributed by atoms with Gasteiger partial charge in [0.05, 0.1) is 14.2 Å². The molecule has 0 aromatic heterocycles. The molecule has 0 radical (unpaired) electrons. The molecule has 1 amide bonds. The van der Waals surface area contributed by atoms with Gasteiger partial charge >= 0.3 is 0 Å². The number of hydrogen-bond donors (Lipinski definition) is 1. The number of anilines is 1. The summed E-state index contributed by atoms with van der Waals surface area (Å²) in [6, 6.07) is 8.28. The van der Waals surface area contributed by atoms with E-state index in [9.17, 15) is 13.6 Å². The molecule has 0 heterocycles. The van der Waals surface area contributed by atoms with Crippen molar-refractivity contribution in [1.29, 1.82) is 0 Å². The van der Waals surface area contributed by atoms with Gasteiger partial charge in [-0.15, -0.1) is 0 Å². The number of nitrogens with one attached hydrogen (secondary N) is 1. The standard InChI is InChI=1S/C17H15F2NO3/c1-22-13-5-7-16(23-2)11(9-13)3-8-17(21)20-12-4-6-14(18)15(19)10-12/h3-10H,1-2H3,(H,20,21). The van der Waals surface area contributed by atoms with Crippen molar-refractivity contribution in [2.75, 3.05) is 19.5 Å². The normalized spacial score (nSPS) is 10.6. The van der Waals surface area contributed by atoms with E-state index in [-0.39, 0.29) is 5.69 Å². The summed E-state index contributed by atoms with van der Waals surface area (Å²) >= 11 is 0. The molecule has 0 atom stereocenters. The molecule has 6 heteroatoms. The molecular weight excluding hydrogens is 304 g/mol. The number of hydrogen-bond acceptors (Lipinski definition) is 3. The van der Waals surface area contributed by atoms with Crippen molar-refractivity contribution >= 4 is 17.7 Å². The van der Waals surface area contributed by atoms with Crippen molar-refractivity contribution in [3.05, 3.63) is 59.7 Å². The number of benzene rings is 2. The lowest BCUT2D eigenvalue weighted by atomic mass is 10.1. The molecule has 0 spiro atoms. The van der Waals surface area contributed by atoms with Gasteiger partial charge in [0.15, 0.2) is 11.6 Å². The van der Waals surface area contributed by atoms with Crippen LogP contribution in [0.1, 0.15) is 5.56 Å². The van der Waals surface area contributed by atoms with Gasteiger partial charge in [-0.05, 0) is 36.4 Å². The molecule has 2 rings (SSSR count). The topological polar surface area (TPSA) is 47.6 Å². The molecule has 0 aliphatic heterocycles. The van der Waals surface area contributed by atoms with Crippen LogP contribution in [0, 0.1) is 11.6 Å². The van der Waals surface area contributed by atoms with E-state index in [2.05, 4.69) is 5.32 Å². The zero-order valence-electron chi connectivity index (χ0n) is 12.6. The van der Waals surface area contributed by atoms with E-state index in [1.54, 1.807) is 18.2 Å². The summed E-state index contributed by atoms with van der Waals surface area (Å²) in [5, 5.41) is 2.44. The Morgan fingerprint density at radius 1 is 1.04 bits per heavy atom. The lowest BCUT2D eigenvalue weighted by Gasteiger charge is -2.07. The Hall–Kier alpha value is -2.89. The van der Waals surface area contributed by atoms with Crippen molar-refractivity contribution < 1.29 is 23.0 Å². The van der Waals surface area contributed by atoms with Gasteiger partial charge in [0, 0.05) is 23.4 Å². The summed E-state index contributed by atoms with van der Waals surface area (Å²) in [5.41, 5.74) is 0.809. The second-order valence-electron chi connectivity index (χ2n) is 4.56. The Kier molecular flexibility index (Phi) is 5.30. The highest BCUT2D eigenvalue weighted by molar-refractivity contribution is 6.02. The predicted molar refractivity (Wildman–Crippen MR) is 83.6 cm³/mol. The highest BCUT2D eigenvalue weighted by Crippen LogP contribution is 2.25. The third-order valence-electron chi connectivity index (χ3n) is 3.04. The fraction of sp³-hybridized carbons (Fsp3) is 0.118. The molecule has 1 N–H and O–H groups in total. The van der Waals surface area contributed by atoms with E-state index in [1.807, 2.05) is 0 Å². The SMILES string of the molecule is COc1ccc(OC)c(C=CC(=O)Nc2ccc(F)c(F)c2)c1. The van der Waals surface area contributed by atoms with Gasteiger partial charge in [0.1, 0.15) is 11.5 Å². The maximum absolute atomic E-state index is 13.1. The van der Waals surface area contributed by atoms with Gasteiger partial charge in [-0.25, -0.2) is 8.78 Å². The number of ether oxygens (including phenoxy) is 2. The van der Waals surface area contributed by atoms with Crippen LogP contribution >= 0.6 is 0 Å². The van der Waals surface area contributed by atoms with Gasteiger partial charge in [0.25, 0.3) is 0 Å². The third kappa shape index (κ3) is 4.29. The van der Waals surface area contributed by atoms with E-state index in [1.165, 1.54) is 32.4 Å². The minimum Gasteiger partial charge on any atom is -0.497 e. The van der Waals surface area contributed by atoms with Gasteiger partial charge in [-0.2, -0.15) is 0 Å². The van der Waals surface area contributed by atoms with E-state index < -0.39 is 17.5 Å². The quantitative estimate of drug-likeness (QED) is 0.856. The molecule has 0 aliphatic carbocycles. The second-order valence-corrected chi connectivity index (χ2v) is 4.56. The highest BCUT2D eigenvalue weighted by atomic mass is 19.2. The van der Waals surface area contributed by atoms with Crippen LogP contribution in [0.2, 0.25) is 0 Å². The first-order valence-electron chi connectivity index (χ1n) is 6.69. The smallest absolute Gasteiger partial charge is 0.248 e. The van der Waals surface area contributed by atoms with Crippen LogP contribution in [0.15, 0.2) is 42.5 Å². The third-order valence-corrected chi connectivity index (χ3v) is 3.04. The molecule has 120 valence electrons. The van der Waals surface area contributed by atoms with Crippen molar-refractivity contribution in [2.45, 2.75) is 0 Å². The Morgan fingerprint density at radius 2 is 1.83 bits per heavy atom. The molecule has 0 unspecified atom stereocenters. The molecular formula is C17H15F2NO3. The number of rotatable bonds is 5. The Bertz CT molecular complexity index is 745. The van der Waals surface area contributed by atoms with Crippen molar-refractivity contribution in [2.24, 2.45) is 0 Å². The Morgan fingerprint density at radius 3 is 2.48 bits per heavy atom. The second kappa shape index (κ2) is 7.40. The molecule has 0 aliphatic rings. The van der Waals surface area contributed by atoms with E-state index in [0.717, 1.165) is 12.1 Å². The number of methoxy groups -OCH3 is 2. The minimum atomic E-state index is -1.03. The maximum atomic E-state index is 13.1. The van der Waals surface area contributed by atoms with Crippen LogP contribution in [0.25, 0.3) is 6.08 Å². The lowest BCUT2D eigenvalue weighted by Crippen LogP contribution is -2.08. The molecule has 2 aromatic carbocycles. The van der Waals surface area contributed by atoms with Crippen molar-refractivity contribution in [3.63, 3.8) is 0 Å². The van der Waals surface area contributed by atoms with Crippen molar-refractivity contribution in [1.82, 2.24) is 0 Å². The Labute approximate surface area is 132 Å². The molecule has 2 aromatic rings. The maximum Gasteiger partial charge on any atom is 0.248 e. The van der Waals surface area contributed by atoms with Crippen LogP contribution in [0.4, 0.5) is 14.5 Å². The van der Waals surface area contributed by atoms with Crippen LogP contribution < -0.4 is 14.8 Å². The first-order chi connectivity index (χ1) is 11.0. The average molecular weight is 319 g/mol. The van der Waals surface area contributed by atoms with Crippen LogP contribution in [0.5, 0.6) is 11.5 Å². The van der Waals surface area contributed by atoms with Crippen LogP contribution in [-0.4, -0.2) is 20.1 Å². The van der Waals surface area contributed by atoms with Gasteiger partial charge in [-0.3, -0.25) is 4.79 Å². The molecule has 0 saturated heterocycles. The van der Waals surface area contributed by atoms with E-state index >= 15 is 0 Å². The lowest BCUT2D eigenvalue weighted by molar-refractivity contribution is -0.111. The van der Waals surface area contributed by atoms with Gasteiger partial charge in [-0.1, -0.05) is 0 Å². The summed E-state index contributed by atoms with van der Waals surface area (Å²) in [7, 11) is 3.05. The molecule has 0 saturated carbocycles. The van der Waals surface area contributed by atoms with Gasteiger partial charge < -0.3 is 14.8 Å². The molecule has 0 bridgehead atoms. The van der Waals surface area contributed by atoms with Crippen LogP contribution in [0.3, 0.4) is 0 Å². The van der Waals surface area contributed by atoms with Gasteiger partial charge in [0.2, 0.25) is 5.91 Å². The van der Waals surface area contributed by atoms with Crippen LogP contribution in [-0.2, 0) is 4.79 Å². The summed E-state index contributed by atoms with van der Waals surface area (Å²) in [5.74, 6) is -1.30. The minimum absolute atomic E-state index is 0.163. The number of amides is 1. The molecule has 23 heavy (non-hydrogen) atoms. The largest absolute Gasteiger partial charge is 0.497 e. The monoisotopic (exact) mass is 319 g/mol. The first-order valence-corrected chi connectivity index (χ1v) is 6.69. The summed E-state index contributed by atoms with van der Waals surface area (Å²) in [6.07, 6.45) is 2.80. The van der Waals surface area contributed by atoms with E-state index in [0.29, 0.717) is 17.1 Å². The summed E-state index contributed by atoms with van der Waals surface area (Å²) < 4.78 is 36.2. The Balaban J connectivity index is 2.13. The summed E-state index contributed by atoms with van der Waals surface area (Å²) in [6.45, 7) is 0. The number of carbonyl (C=O) groups excluding carboxylic acids is 1. The fourth-order valence-corrected chi connectivity index (χ4v) is 1.89. The zero-order chi connectivity index (χ0) is 16.8. The fourth-order valence-electron chi connectivity index (χ4n) is 1.89.